The summed E-state index contributed by atoms with van der Waals surface area (Å²) in [5.41, 5.74) is 1.29. The molecule has 0 aromatic carbocycles. The Balaban J connectivity index is 2.41. The Bertz CT molecular complexity index is 492. The number of rotatable bonds is 5. The fourth-order valence-electron chi connectivity index (χ4n) is 2.00. The molecule has 0 spiro atoms. The lowest BCUT2D eigenvalue weighted by atomic mass is 10.2. The van der Waals surface area contributed by atoms with Gasteiger partial charge in [-0.3, -0.25) is 0 Å². The SMILES string of the molecule is CCCCN(CC)c1ncnc2scc(C)c12. The number of hydrogen-bond acceptors (Lipinski definition) is 4. The van der Waals surface area contributed by atoms with Gasteiger partial charge in [0.1, 0.15) is 17.0 Å². The van der Waals surface area contributed by atoms with Crippen molar-refractivity contribution in [1.29, 1.82) is 0 Å². The second-order valence-electron chi connectivity index (χ2n) is 4.23. The molecular weight excluding hydrogens is 230 g/mol. The van der Waals surface area contributed by atoms with Gasteiger partial charge in [-0.05, 0) is 31.2 Å². The first kappa shape index (κ1) is 12.3. The maximum absolute atomic E-state index is 4.49. The van der Waals surface area contributed by atoms with E-state index in [0.29, 0.717) is 0 Å². The van der Waals surface area contributed by atoms with Gasteiger partial charge in [0.2, 0.25) is 0 Å². The molecule has 0 saturated heterocycles. The Morgan fingerprint density at radius 3 is 2.82 bits per heavy atom. The van der Waals surface area contributed by atoms with E-state index in [-0.39, 0.29) is 0 Å². The summed E-state index contributed by atoms with van der Waals surface area (Å²) >= 11 is 1.70. The van der Waals surface area contributed by atoms with E-state index in [2.05, 4.69) is 41.0 Å². The average molecular weight is 249 g/mol. The topological polar surface area (TPSA) is 29.0 Å². The minimum atomic E-state index is 1.00. The van der Waals surface area contributed by atoms with E-state index in [9.17, 15) is 0 Å². The van der Waals surface area contributed by atoms with E-state index >= 15 is 0 Å². The van der Waals surface area contributed by atoms with Crippen LogP contribution in [0, 0.1) is 6.92 Å². The minimum Gasteiger partial charge on any atom is -0.356 e. The fourth-order valence-corrected chi connectivity index (χ4v) is 2.89. The zero-order valence-corrected chi connectivity index (χ0v) is 11.5. The van der Waals surface area contributed by atoms with Crippen LogP contribution in [0.15, 0.2) is 11.7 Å². The molecule has 2 aromatic rings. The molecular formula is C13H19N3S. The van der Waals surface area contributed by atoms with E-state index in [4.69, 9.17) is 0 Å². The third-order valence-corrected chi connectivity index (χ3v) is 4.00. The molecule has 4 heteroatoms. The highest BCUT2D eigenvalue weighted by molar-refractivity contribution is 7.17. The minimum absolute atomic E-state index is 1.00. The van der Waals surface area contributed by atoms with E-state index in [1.807, 2.05) is 0 Å². The second kappa shape index (κ2) is 5.45. The highest BCUT2D eigenvalue weighted by Crippen LogP contribution is 2.30. The van der Waals surface area contributed by atoms with Crippen molar-refractivity contribution in [2.75, 3.05) is 18.0 Å². The van der Waals surface area contributed by atoms with Gasteiger partial charge in [-0.2, -0.15) is 0 Å². The van der Waals surface area contributed by atoms with E-state index in [1.165, 1.54) is 23.8 Å². The Labute approximate surface area is 107 Å². The Morgan fingerprint density at radius 2 is 2.12 bits per heavy atom. The molecule has 0 radical (unpaired) electrons. The first-order valence-electron chi connectivity index (χ1n) is 6.21. The molecule has 2 heterocycles. The van der Waals surface area contributed by atoms with Gasteiger partial charge in [0, 0.05) is 13.1 Å². The van der Waals surface area contributed by atoms with Crippen molar-refractivity contribution in [3.63, 3.8) is 0 Å². The van der Waals surface area contributed by atoms with Crippen molar-refractivity contribution >= 4 is 27.4 Å². The van der Waals surface area contributed by atoms with E-state index in [1.54, 1.807) is 17.7 Å². The molecule has 0 atom stereocenters. The van der Waals surface area contributed by atoms with E-state index in [0.717, 1.165) is 23.7 Å². The average Bonchev–Trinajstić information content (AvgIpc) is 2.73. The number of thiophene rings is 1. The predicted molar refractivity (Wildman–Crippen MR) is 74.9 cm³/mol. The summed E-state index contributed by atoms with van der Waals surface area (Å²) in [5, 5.41) is 3.40. The number of aromatic nitrogens is 2. The monoisotopic (exact) mass is 249 g/mol. The zero-order chi connectivity index (χ0) is 12.3. The number of nitrogens with zero attached hydrogens (tertiary/aromatic N) is 3. The summed E-state index contributed by atoms with van der Waals surface area (Å²) in [4.78, 5) is 12.3. The molecule has 2 rings (SSSR count). The second-order valence-corrected chi connectivity index (χ2v) is 5.09. The zero-order valence-electron chi connectivity index (χ0n) is 10.7. The van der Waals surface area contributed by atoms with E-state index < -0.39 is 0 Å². The number of anilines is 1. The van der Waals surface area contributed by atoms with Crippen molar-refractivity contribution in [1.82, 2.24) is 9.97 Å². The molecule has 0 unspecified atom stereocenters. The Hall–Kier alpha value is -1.16. The standard InChI is InChI=1S/C13H19N3S/c1-4-6-7-16(5-2)12-11-10(3)8-17-13(11)15-9-14-12/h8-9H,4-7H2,1-3H3. The van der Waals surface area contributed by atoms with Crippen LogP contribution in [0.25, 0.3) is 10.2 Å². The van der Waals surface area contributed by atoms with Crippen LogP contribution in [0.4, 0.5) is 5.82 Å². The predicted octanol–water partition coefficient (Wildman–Crippen LogP) is 3.63. The normalized spacial score (nSPS) is 11.0. The van der Waals surface area contributed by atoms with Crippen LogP contribution in [0.3, 0.4) is 0 Å². The fraction of sp³-hybridized carbons (Fsp3) is 0.538. The van der Waals surface area contributed by atoms with Gasteiger partial charge in [0.15, 0.2) is 0 Å². The maximum Gasteiger partial charge on any atom is 0.141 e. The summed E-state index contributed by atoms with van der Waals surface area (Å²) in [7, 11) is 0. The van der Waals surface area contributed by atoms with Gasteiger partial charge in [-0.1, -0.05) is 13.3 Å². The highest BCUT2D eigenvalue weighted by Gasteiger charge is 2.13. The van der Waals surface area contributed by atoms with Crippen LogP contribution in [0.5, 0.6) is 0 Å². The number of hydrogen-bond donors (Lipinski definition) is 0. The van der Waals surface area contributed by atoms with Crippen LogP contribution in [0.1, 0.15) is 32.3 Å². The molecule has 92 valence electrons. The van der Waals surface area contributed by atoms with Crippen molar-refractivity contribution in [3.05, 3.63) is 17.3 Å². The molecule has 0 aliphatic carbocycles. The summed E-state index contributed by atoms with van der Waals surface area (Å²) < 4.78 is 0. The first-order chi connectivity index (χ1) is 8.27. The maximum atomic E-state index is 4.49. The molecule has 0 bridgehead atoms. The van der Waals surface area contributed by atoms with Crippen LogP contribution in [0.2, 0.25) is 0 Å². The number of unbranched alkanes of at least 4 members (excludes halogenated alkanes) is 1. The van der Waals surface area contributed by atoms with Crippen LogP contribution in [-0.2, 0) is 0 Å². The van der Waals surface area contributed by atoms with Gasteiger partial charge in [0.05, 0.1) is 5.39 Å². The molecule has 0 fully saturated rings. The van der Waals surface area contributed by atoms with Crippen molar-refractivity contribution in [2.24, 2.45) is 0 Å². The molecule has 17 heavy (non-hydrogen) atoms. The highest BCUT2D eigenvalue weighted by atomic mass is 32.1. The Morgan fingerprint density at radius 1 is 1.29 bits per heavy atom. The molecule has 0 saturated carbocycles. The number of fused-ring (bicyclic) bond motifs is 1. The molecule has 0 aliphatic heterocycles. The third kappa shape index (κ3) is 2.41. The molecule has 3 nitrogen and oxygen atoms in total. The molecule has 0 amide bonds. The summed E-state index contributed by atoms with van der Waals surface area (Å²) in [6, 6.07) is 0. The summed E-state index contributed by atoms with van der Waals surface area (Å²) in [5.74, 6) is 1.10. The van der Waals surface area contributed by atoms with Gasteiger partial charge < -0.3 is 4.90 Å². The van der Waals surface area contributed by atoms with Crippen LogP contribution >= 0.6 is 11.3 Å². The van der Waals surface area contributed by atoms with Gasteiger partial charge in [-0.25, -0.2) is 9.97 Å². The lowest BCUT2D eigenvalue weighted by Gasteiger charge is -2.22. The molecule has 0 N–H and O–H groups in total. The summed E-state index contributed by atoms with van der Waals surface area (Å²) in [6.45, 7) is 8.62. The van der Waals surface area contributed by atoms with Gasteiger partial charge in [0.25, 0.3) is 0 Å². The van der Waals surface area contributed by atoms with Crippen LogP contribution in [-0.4, -0.2) is 23.1 Å². The van der Waals surface area contributed by atoms with Crippen molar-refractivity contribution in [2.45, 2.75) is 33.6 Å². The van der Waals surface area contributed by atoms with Crippen LogP contribution < -0.4 is 4.90 Å². The van der Waals surface area contributed by atoms with Gasteiger partial charge >= 0.3 is 0 Å². The lowest BCUT2D eigenvalue weighted by molar-refractivity contribution is 0.726. The smallest absolute Gasteiger partial charge is 0.141 e. The molecule has 0 aliphatic rings. The summed E-state index contributed by atoms with van der Waals surface area (Å²) in [6.07, 6.45) is 4.11. The first-order valence-corrected chi connectivity index (χ1v) is 7.09. The third-order valence-electron chi connectivity index (χ3n) is 3.00. The Kier molecular flexibility index (Phi) is 3.94. The quantitative estimate of drug-likeness (QED) is 0.810. The lowest BCUT2D eigenvalue weighted by Crippen LogP contribution is -2.25. The number of aryl methyl sites for hydroxylation is 1. The van der Waals surface area contributed by atoms with Crippen molar-refractivity contribution < 1.29 is 0 Å². The molecule has 2 aromatic heterocycles. The largest absolute Gasteiger partial charge is 0.356 e. The van der Waals surface area contributed by atoms with Crippen molar-refractivity contribution in [3.8, 4) is 0 Å². The van der Waals surface area contributed by atoms with Gasteiger partial charge in [-0.15, -0.1) is 11.3 Å².